The average molecular weight is 281 g/mol. The Bertz CT molecular complexity index is 624. The van der Waals surface area contributed by atoms with E-state index in [2.05, 4.69) is 0 Å². The molecule has 0 spiro atoms. The number of hydrogen-bond acceptors (Lipinski definition) is 2. The number of alkyl halides is 3. The first-order chi connectivity index (χ1) is 9.38. The number of nitrogens with one attached hydrogen (secondary N) is 1. The van der Waals surface area contributed by atoms with Crippen LogP contribution in [0.3, 0.4) is 0 Å². The van der Waals surface area contributed by atoms with Gasteiger partial charge in [-0.05, 0) is 11.6 Å². The monoisotopic (exact) mass is 281 g/mol. The molecule has 2 aromatic carbocycles. The van der Waals surface area contributed by atoms with E-state index in [0.717, 1.165) is 6.07 Å². The summed E-state index contributed by atoms with van der Waals surface area (Å²) >= 11 is 0. The standard InChI is InChI=1S/C14H10F3NO2/c15-14(16,17)18-12-10(9-5-2-1-3-6-9)7-4-8-11(12)13(19)20/h1-8,18H,(H,19,20). The Morgan fingerprint density at radius 2 is 1.65 bits per heavy atom. The van der Waals surface area contributed by atoms with Crippen molar-refractivity contribution in [2.75, 3.05) is 5.32 Å². The first kappa shape index (κ1) is 13.9. The highest BCUT2D eigenvalue weighted by atomic mass is 19.4. The second-order valence-electron chi connectivity index (χ2n) is 4.02. The van der Waals surface area contributed by atoms with Gasteiger partial charge in [0.2, 0.25) is 0 Å². The molecule has 6 heteroatoms. The molecule has 3 nitrogen and oxygen atoms in total. The van der Waals surface area contributed by atoms with Crippen molar-refractivity contribution in [3.05, 3.63) is 54.1 Å². The molecule has 2 rings (SSSR count). The molecule has 2 aromatic rings. The Kier molecular flexibility index (Phi) is 3.65. The van der Waals surface area contributed by atoms with E-state index < -0.39 is 23.5 Å². The summed E-state index contributed by atoms with van der Waals surface area (Å²) in [5.41, 5.74) is -0.201. The molecule has 20 heavy (non-hydrogen) atoms. The minimum atomic E-state index is -4.71. The second kappa shape index (κ2) is 5.24. The van der Waals surface area contributed by atoms with E-state index in [1.54, 1.807) is 30.3 Å². The van der Waals surface area contributed by atoms with Gasteiger partial charge in [-0.15, -0.1) is 0 Å². The van der Waals surface area contributed by atoms with Gasteiger partial charge in [0.15, 0.2) is 0 Å². The van der Waals surface area contributed by atoms with Crippen LogP contribution < -0.4 is 5.32 Å². The van der Waals surface area contributed by atoms with Crippen LogP contribution in [0.5, 0.6) is 0 Å². The normalized spacial score (nSPS) is 11.2. The Morgan fingerprint density at radius 3 is 2.20 bits per heavy atom. The van der Waals surface area contributed by atoms with Gasteiger partial charge in [0.05, 0.1) is 11.3 Å². The third kappa shape index (κ3) is 3.09. The third-order valence-electron chi connectivity index (χ3n) is 2.65. The summed E-state index contributed by atoms with van der Waals surface area (Å²) in [7, 11) is 0. The predicted octanol–water partition coefficient (Wildman–Crippen LogP) is 3.98. The van der Waals surface area contributed by atoms with Crippen LogP contribution in [0.15, 0.2) is 48.5 Å². The number of rotatable bonds is 3. The van der Waals surface area contributed by atoms with E-state index in [9.17, 15) is 18.0 Å². The molecule has 2 N–H and O–H groups in total. The predicted molar refractivity (Wildman–Crippen MR) is 68.5 cm³/mol. The maximum absolute atomic E-state index is 12.6. The minimum absolute atomic E-state index is 0.183. The lowest BCUT2D eigenvalue weighted by molar-refractivity contribution is -0.0999. The van der Waals surface area contributed by atoms with Crippen LogP contribution in [0.25, 0.3) is 11.1 Å². The summed E-state index contributed by atoms with van der Waals surface area (Å²) in [6.45, 7) is 0. The van der Waals surface area contributed by atoms with Crippen molar-refractivity contribution in [1.82, 2.24) is 0 Å². The Balaban J connectivity index is 2.62. The minimum Gasteiger partial charge on any atom is -0.478 e. The number of para-hydroxylation sites is 1. The molecule has 0 atom stereocenters. The van der Waals surface area contributed by atoms with Gasteiger partial charge in [-0.1, -0.05) is 42.5 Å². The molecule has 104 valence electrons. The summed E-state index contributed by atoms with van der Waals surface area (Å²) in [6.07, 6.45) is -4.71. The summed E-state index contributed by atoms with van der Waals surface area (Å²) < 4.78 is 37.7. The fraction of sp³-hybridized carbons (Fsp3) is 0.0714. The number of anilines is 1. The van der Waals surface area contributed by atoms with Gasteiger partial charge < -0.3 is 5.11 Å². The highest BCUT2D eigenvalue weighted by Crippen LogP contribution is 2.34. The van der Waals surface area contributed by atoms with Crippen molar-refractivity contribution in [2.24, 2.45) is 0 Å². The first-order valence-electron chi connectivity index (χ1n) is 5.65. The van der Waals surface area contributed by atoms with Gasteiger partial charge in [-0.25, -0.2) is 4.79 Å². The van der Waals surface area contributed by atoms with Crippen LogP contribution in [0.2, 0.25) is 0 Å². The van der Waals surface area contributed by atoms with Gasteiger partial charge in [-0.2, -0.15) is 13.2 Å². The van der Waals surface area contributed by atoms with Crippen LogP contribution in [-0.4, -0.2) is 17.4 Å². The number of carboxylic acids is 1. The molecule has 0 saturated heterocycles. The number of halogens is 3. The van der Waals surface area contributed by atoms with Crippen LogP contribution in [0, 0.1) is 0 Å². The molecule has 0 aliphatic carbocycles. The van der Waals surface area contributed by atoms with Crippen LogP contribution in [-0.2, 0) is 0 Å². The van der Waals surface area contributed by atoms with Gasteiger partial charge in [0, 0.05) is 5.56 Å². The number of aromatic carboxylic acids is 1. The number of benzene rings is 2. The lowest BCUT2D eigenvalue weighted by Gasteiger charge is -2.16. The van der Waals surface area contributed by atoms with E-state index in [1.807, 2.05) is 0 Å². The van der Waals surface area contributed by atoms with Crippen LogP contribution >= 0.6 is 0 Å². The molecule has 0 bridgehead atoms. The van der Waals surface area contributed by atoms with E-state index in [0.29, 0.717) is 5.56 Å². The van der Waals surface area contributed by atoms with Gasteiger partial charge in [-0.3, -0.25) is 5.32 Å². The highest BCUT2D eigenvalue weighted by molar-refractivity contribution is 5.99. The molecular formula is C14H10F3NO2. The quantitative estimate of drug-likeness (QED) is 0.836. The van der Waals surface area contributed by atoms with Gasteiger partial charge in [0.25, 0.3) is 0 Å². The lowest BCUT2D eigenvalue weighted by Crippen LogP contribution is -2.23. The first-order valence-corrected chi connectivity index (χ1v) is 5.65. The summed E-state index contributed by atoms with van der Waals surface area (Å²) in [5, 5.41) is 10.3. The van der Waals surface area contributed by atoms with E-state index >= 15 is 0 Å². The molecule has 0 aliphatic heterocycles. The van der Waals surface area contributed by atoms with Gasteiger partial charge >= 0.3 is 12.3 Å². The van der Waals surface area contributed by atoms with E-state index in [4.69, 9.17) is 5.11 Å². The van der Waals surface area contributed by atoms with E-state index in [1.165, 1.54) is 17.4 Å². The maximum Gasteiger partial charge on any atom is 0.482 e. The highest BCUT2D eigenvalue weighted by Gasteiger charge is 2.30. The zero-order valence-corrected chi connectivity index (χ0v) is 10.1. The third-order valence-corrected chi connectivity index (χ3v) is 2.65. The van der Waals surface area contributed by atoms with E-state index in [-0.39, 0.29) is 5.56 Å². The van der Waals surface area contributed by atoms with Crippen LogP contribution in [0.4, 0.5) is 18.9 Å². The maximum atomic E-state index is 12.6. The smallest absolute Gasteiger partial charge is 0.478 e. The summed E-state index contributed by atoms with van der Waals surface area (Å²) in [6, 6.07) is 12.3. The molecule has 0 radical (unpaired) electrons. The molecular weight excluding hydrogens is 271 g/mol. The lowest BCUT2D eigenvalue weighted by atomic mass is 10.00. The Hall–Kier alpha value is -2.50. The largest absolute Gasteiger partial charge is 0.482 e. The number of hydrogen-bond donors (Lipinski definition) is 2. The Labute approximate surface area is 112 Å². The van der Waals surface area contributed by atoms with Gasteiger partial charge in [0.1, 0.15) is 0 Å². The molecule has 0 aliphatic rings. The molecule has 0 aromatic heterocycles. The van der Waals surface area contributed by atoms with Crippen molar-refractivity contribution in [3.8, 4) is 11.1 Å². The van der Waals surface area contributed by atoms with Crippen molar-refractivity contribution in [3.63, 3.8) is 0 Å². The molecule has 0 unspecified atom stereocenters. The number of carbonyl (C=O) groups is 1. The SMILES string of the molecule is O=C(O)c1cccc(-c2ccccc2)c1NC(F)(F)F. The fourth-order valence-corrected chi connectivity index (χ4v) is 1.87. The topological polar surface area (TPSA) is 49.3 Å². The van der Waals surface area contributed by atoms with Crippen molar-refractivity contribution >= 4 is 11.7 Å². The summed E-state index contributed by atoms with van der Waals surface area (Å²) in [5.74, 6) is -1.42. The van der Waals surface area contributed by atoms with Crippen molar-refractivity contribution < 1.29 is 23.1 Å². The zero-order valence-electron chi connectivity index (χ0n) is 10.1. The Morgan fingerprint density at radius 1 is 1.00 bits per heavy atom. The second-order valence-corrected chi connectivity index (χ2v) is 4.02. The number of carboxylic acid groups (broad SMARTS) is 1. The summed E-state index contributed by atoms with van der Waals surface area (Å²) in [4.78, 5) is 11.1. The molecule has 0 fully saturated rings. The van der Waals surface area contributed by atoms with Crippen LogP contribution in [0.1, 0.15) is 10.4 Å². The molecule has 0 heterocycles. The zero-order chi connectivity index (χ0) is 14.8. The van der Waals surface area contributed by atoms with Crippen molar-refractivity contribution in [1.29, 1.82) is 0 Å². The molecule has 0 saturated carbocycles. The fourth-order valence-electron chi connectivity index (χ4n) is 1.87. The van der Waals surface area contributed by atoms with Crippen molar-refractivity contribution in [2.45, 2.75) is 6.30 Å². The molecule has 0 amide bonds. The average Bonchev–Trinajstić information content (AvgIpc) is 2.38.